The zero-order chi connectivity index (χ0) is 8.81. The van der Waals surface area contributed by atoms with Crippen molar-refractivity contribution in [2.75, 3.05) is 14.2 Å². The van der Waals surface area contributed by atoms with E-state index in [9.17, 15) is 0 Å². The Hall–Kier alpha value is -0.920. The number of hydrogen-bond donors (Lipinski definition) is 0. The molecule has 0 atom stereocenters. The largest absolute Gasteiger partial charge is 0.504 e. The molecule has 0 radical (unpaired) electrons. The van der Waals surface area contributed by atoms with Crippen LogP contribution in [0.1, 0.15) is 25.7 Å². The Morgan fingerprint density at radius 1 is 0.833 bits per heavy atom. The van der Waals surface area contributed by atoms with Crippen LogP contribution in [0.4, 0.5) is 0 Å². The first-order valence-electron chi connectivity index (χ1n) is 4.28. The third kappa shape index (κ3) is 2.61. The third-order valence-electron chi connectivity index (χ3n) is 2.10. The molecule has 1 fully saturated rings. The van der Waals surface area contributed by atoms with E-state index in [-0.39, 0.29) is 0 Å². The molecule has 2 heteroatoms. The van der Waals surface area contributed by atoms with Crippen molar-refractivity contribution in [2.24, 2.45) is 0 Å². The molecule has 1 saturated carbocycles. The molecule has 1 rings (SSSR count). The standard InChI is InChI=1S/C10H16O2/c1-11-7-9-3-5-10(6-4-9)8-12-2/h7-8H,3-6H2,1-2H3. The predicted octanol–water partition coefficient (Wildman–Crippen LogP) is 2.62. The summed E-state index contributed by atoms with van der Waals surface area (Å²) in [6, 6.07) is 0. The first-order valence-corrected chi connectivity index (χ1v) is 4.28. The molecular weight excluding hydrogens is 152 g/mol. The molecule has 0 amide bonds. The molecule has 0 aromatic heterocycles. The van der Waals surface area contributed by atoms with Crippen LogP contribution in [0.5, 0.6) is 0 Å². The average molecular weight is 168 g/mol. The topological polar surface area (TPSA) is 18.5 Å². The van der Waals surface area contributed by atoms with Crippen LogP contribution in [0.15, 0.2) is 23.7 Å². The maximum Gasteiger partial charge on any atom is 0.0816 e. The molecule has 0 saturated heterocycles. The van der Waals surface area contributed by atoms with Crippen molar-refractivity contribution in [1.29, 1.82) is 0 Å². The fourth-order valence-corrected chi connectivity index (χ4v) is 1.46. The fraction of sp³-hybridized carbons (Fsp3) is 0.600. The lowest BCUT2D eigenvalue weighted by Gasteiger charge is -2.16. The van der Waals surface area contributed by atoms with Crippen molar-refractivity contribution < 1.29 is 9.47 Å². The summed E-state index contributed by atoms with van der Waals surface area (Å²) in [5, 5.41) is 0. The average Bonchev–Trinajstić information content (AvgIpc) is 2.09. The van der Waals surface area contributed by atoms with Crippen LogP contribution in [-0.2, 0) is 9.47 Å². The number of allylic oxidation sites excluding steroid dienone is 2. The van der Waals surface area contributed by atoms with Crippen LogP contribution < -0.4 is 0 Å². The van der Waals surface area contributed by atoms with E-state index in [0.717, 1.165) is 25.7 Å². The van der Waals surface area contributed by atoms with Gasteiger partial charge in [0, 0.05) is 0 Å². The third-order valence-corrected chi connectivity index (χ3v) is 2.10. The van der Waals surface area contributed by atoms with Crippen molar-refractivity contribution in [3.63, 3.8) is 0 Å². The van der Waals surface area contributed by atoms with E-state index in [2.05, 4.69) is 0 Å². The quantitative estimate of drug-likeness (QED) is 0.590. The molecule has 68 valence electrons. The molecule has 0 spiro atoms. The van der Waals surface area contributed by atoms with E-state index in [1.165, 1.54) is 11.1 Å². The summed E-state index contributed by atoms with van der Waals surface area (Å²) in [7, 11) is 3.40. The summed E-state index contributed by atoms with van der Waals surface area (Å²) in [5.41, 5.74) is 2.82. The van der Waals surface area contributed by atoms with E-state index in [1.807, 2.05) is 12.5 Å². The van der Waals surface area contributed by atoms with Gasteiger partial charge in [-0.3, -0.25) is 0 Å². The number of ether oxygens (including phenoxy) is 2. The van der Waals surface area contributed by atoms with Crippen molar-refractivity contribution in [3.8, 4) is 0 Å². The van der Waals surface area contributed by atoms with Crippen LogP contribution in [0.25, 0.3) is 0 Å². The van der Waals surface area contributed by atoms with E-state index in [1.54, 1.807) is 14.2 Å². The van der Waals surface area contributed by atoms with Crippen LogP contribution in [-0.4, -0.2) is 14.2 Å². The SMILES string of the molecule is COC=C1CCC(=COC)CC1. The Kier molecular flexibility index (Phi) is 3.71. The summed E-state index contributed by atoms with van der Waals surface area (Å²) in [4.78, 5) is 0. The van der Waals surface area contributed by atoms with Gasteiger partial charge < -0.3 is 9.47 Å². The van der Waals surface area contributed by atoms with Gasteiger partial charge in [-0.05, 0) is 36.8 Å². The number of methoxy groups -OCH3 is 2. The summed E-state index contributed by atoms with van der Waals surface area (Å²) < 4.78 is 9.93. The molecule has 0 unspecified atom stereocenters. The first-order chi connectivity index (χ1) is 5.86. The van der Waals surface area contributed by atoms with E-state index < -0.39 is 0 Å². The fourth-order valence-electron chi connectivity index (χ4n) is 1.46. The predicted molar refractivity (Wildman–Crippen MR) is 48.7 cm³/mol. The van der Waals surface area contributed by atoms with Gasteiger partial charge in [-0.2, -0.15) is 0 Å². The molecular formula is C10H16O2. The lowest BCUT2D eigenvalue weighted by atomic mass is 9.92. The minimum absolute atomic E-state index is 1.11. The molecule has 12 heavy (non-hydrogen) atoms. The molecule has 0 heterocycles. The van der Waals surface area contributed by atoms with Crippen molar-refractivity contribution in [3.05, 3.63) is 23.7 Å². The highest BCUT2D eigenvalue weighted by molar-refractivity contribution is 5.13. The van der Waals surface area contributed by atoms with Gasteiger partial charge in [0.15, 0.2) is 0 Å². The van der Waals surface area contributed by atoms with Gasteiger partial charge in [0.2, 0.25) is 0 Å². The normalized spacial score (nSPS) is 17.2. The zero-order valence-corrected chi connectivity index (χ0v) is 7.80. The lowest BCUT2D eigenvalue weighted by Crippen LogP contribution is -1.98. The van der Waals surface area contributed by atoms with Gasteiger partial charge in [-0.25, -0.2) is 0 Å². The van der Waals surface area contributed by atoms with Gasteiger partial charge in [-0.15, -0.1) is 0 Å². The second kappa shape index (κ2) is 4.86. The Morgan fingerprint density at radius 3 is 1.42 bits per heavy atom. The van der Waals surface area contributed by atoms with Crippen molar-refractivity contribution in [1.82, 2.24) is 0 Å². The van der Waals surface area contributed by atoms with E-state index in [0.29, 0.717) is 0 Å². The zero-order valence-electron chi connectivity index (χ0n) is 7.80. The second-order valence-corrected chi connectivity index (χ2v) is 3.02. The van der Waals surface area contributed by atoms with Gasteiger partial charge in [0.05, 0.1) is 26.7 Å². The molecule has 0 N–H and O–H groups in total. The maximum absolute atomic E-state index is 4.96. The van der Waals surface area contributed by atoms with Crippen molar-refractivity contribution >= 4 is 0 Å². The number of hydrogen-bond acceptors (Lipinski definition) is 2. The minimum atomic E-state index is 1.11. The highest BCUT2D eigenvalue weighted by Crippen LogP contribution is 2.27. The summed E-state index contributed by atoms with van der Waals surface area (Å²) in [6.45, 7) is 0. The highest BCUT2D eigenvalue weighted by atomic mass is 16.5. The summed E-state index contributed by atoms with van der Waals surface area (Å²) in [6.07, 6.45) is 8.19. The lowest BCUT2D eigenvalue weighted by molar-refractivity contribution is 0.324. The van der Waals surface area contributed by atoms with Gasteiger partial charge in [-0.1, -0.05) is 0 Å². The Bertz CT molecular complexity index is 158. The molecule has 1 aliphatic carbocycles. The first kappa shape index (κ1) is 9.17. The van der Waals surface area contributed by atoms with Gasteiger partial charge in [0.1, 0.15) is 0 Å². The van der Waals surface area contributed by atoms with E-state index in [4.69, 9.17) is 9.47 Å². The Labute approximate surface area is 73.9 Å². The molecule has 0 aromatic rings. The van der Waals surface area contributed by atoms with Gasteiger partial charge >= 0.3 is 0 Å². The maximum atomic E-state index is 4.96. The highest BCUT2D eigenvalue weighted by Gasteiger charge is 2.09. The molecule has 1 aliphatic rings. The van der Waals surface area contributed by atoms with Crippen molar-refractivity contribution in [2.45, 2.75) is 25.7 Å². The Morgan fingerprint density at radius 2 is 1.17 bits per heavy atom. The monoisotopic (exact) mass is 168 g/mol. The minimum Gasteiger partial charge on any atom is -0.504 e. The molecule has 0 aliphatic heterocycles. The molecule has 0 bridgehead atoms. The van der Waals surface area contributed by atoms with E-state index >= 15 is 0 Å². The summed E-state index contributed by atoms with van der Waals surface area (Å²) in [5.74, 6) is 0. The molecule has 0 aromatic carbocycles. The van der Waals surface area contributed by atoms with Crippen LogP contribution in [0.3, 0.4) is 0 Å². The second-order valence-electron chi connectivity index (χ2n) is 3.02. The molecule has 2 nitrogen and oxygen atoms in total. The van der Waals surface area contributed by atoms with Crippen LogP contribution >= 0.6 is 0 Å². The Balaban J connectivity index is 2.39. The summed E-state index contributed by atoms with van der Waals surface area (Å²) >= 11 is 0. The number of rotatable bonds is 2. The van der Waals surface area contributed by atoms with Crippen LogP contribution in [0, 0.1) is 0 Å². The van der Waals surface area contributed by atoms with Gasteiger partial charge in [0.25, 0.3) is 0 Å². The van der Waals surface area contributed by atoms with Crippen LogP contribution in [0.2, 0.25) is 0 Å². The smallest absolute Gasteiger partial charge is 0.0816 e.